The molecule has 2 aliphatic rings. The van der Waals surface area contributed by atoms with E-state index < -0.39 is 29.1 Å². The van der Waals surface area contributed by atoms with Gasteiger partial charge in [0.15, 0.2) is 0 Å². The lowest BCUT2D eigenvalue weighted by Crippen LogP contribution is -2.41. The summed E-state index contributed by atoms with van der Waals surface area (Å²) in [4.78, 5) is 0. The van der Waals surface area contributed by atoms with Crippen LogP contribution in [0.5, 0.6) is 0 Å². The monoisotopic (exact) mass is 467 g/mol. The number of alkyl halides is 6. The van der Waals surface area contributed by atoms with Crippen LogP contribution in [0.2, 0.25) is 0 Å². The zero-order chi connectivity index (χ0) is 23.4. The van der Waals surface area contributed by atoms with Gasteiger partial charge in [0.25, 0.3) is 0 Å². The molecule has 2 fully saturated rings. The molecule has 0 unspecified atom stereocenters. The Morgan fingerprint density at radius 1 is 0.788 bits per heavy atom. The Hall–Kier alpha value is -2.32. The van der Waals surface area contributed by atoms with Crippen molar-refractivity contribution < 1.29 is 31.1 Å². The molecule has 8 heteroatoms. The highest BCUT2D eigenvalue weighted by Gasteiger charge is 2.46. The Labute approximate surface area is 186 Å². The van der Waals surface area contributed by atoms with Gasteiger partial charge in [-0.15, -0.1) is 0 Å². The molecular weight excluding hydrogens is 444 g/mol. The normalized spacial score (nSPS) is 23.0. The van der Waals surface area contributed by atoms with Gasteiger partial charge < -0.3 is 10.1 Å². The number of nitrogens with one attached hydrogen (secondary N) is 1. The summed E-state index contributed by atoms with van der Waals surface area (Å²) in [5.41, 5.74) is -1.64. The first kappa shape index (κ1) is 22.5. The summed E-state index contributed by atoms with van der Waals surface area (Å²) in [6.07, 6.45) is -5.89. The number of benzene rings is 3. The van der Waals surface area contributed by atoms with Crippen molar-refractivity contribution in [1.29, 1.82) is 0 Å². The van der Waals surface area contributed by atoms with E-state index in [0.29, 0.717) is 17.4 Å². The summed E-state index contributed by atoms with van der Waals surface area (Å²) >= 11 is 0. The molecule has 2 heterocycles. The fourth-order valence-electron chi connectivity index (χ4n) is 5.56. The molecule has 0 bridgehead atoms. The third kappa shape index (κ3) is 3.87. The highest BCUT2D eigenvalue weighted by atomic mass is 19.4. The minimum Gasteiger partial charge on any atom is -0.370 e. The standard InChI is InChI=1S/C25H23F6NO/c26-24(27,28)17-3-2-15-12-22(23(8-1-11-33-23)16-6-9-32-10-7-16)19-5-4-18(25(29,30)31)14-21(19)20(15)13-17/h2-5,12-14,16,32H,1,6-11H2/t23-/m0/s1. The van der Waals surface area contributed by atoms with Crippen LogP contribution in [0.4, 0.5) is 26.3 Å². The fourth-order valence-corrected chi connectivity index (χ4v) is 5.56. The van der Waals surface area contributed by atoms with Crippen molar-refractivity contribution in [2.24, 2.45) is 5.92 Å². The molecule has 0 aliphatic carbocycles. The summed E-state index contributed by atoms with van der Waals surface area (Å²) in [6, 6.07) is 8.51. The van der Waals surface area contributed by atoms with Gasteiger partial charge in [0.05, 0.1) is 16.7 Å². The van der Waals surface area contributed by atoms with E-state index >= 15 is 0 Å². The molecule has 0 spiro atoms. The maximum atomic E-state index is 13.5. The van der Waals surface area contributed by atoms with Gasteiger partial charge in [0.1, 0.15) is 0 Å². The average Bonchev–Trinajstić information content (AvgIpc) is 3.28. The van der Waals surface area contributed by atoms with Crippen LogP contribution in [0.3, 0.4) is 0 Å². The van der Waals surface area contributed by atoms with Gasteiger partial charge in [0.2, 0.25) is 0 Å². The Bertz CT molecular complexity index is 1190. The summed E-state index contributed by atoms with van der Waals surface area (Å²) in [7, 11) is 0. The molecule has 0 aromatic heterocycles. The fraction of sp³-hybridized carbons (Fsp3) is 0.440. The molecule has 2 aliphatic heterocycles. The van der Waals surface area contributed by atoms with E-state index in [1.807, 2.05) is 6.07 Å². The van der Waals surface area contributed by atoms with Gasteiger partial charge >= 0.3 is 12.4 Å². The van der Waals surface area contributed by atoms with Crippen molar-refractivity contribution in [3.63, 3.8) is 0 Å². The lowest BCUT2D eigenvalue weighted by Gasteiger charge is -2.40. The van der Waals surface area contributed by atoms with Crippen LogP contribution in [0, 0.1) is 5.92 Å². The second kappa shape index (κ2) is 7.87. The average molecular weight is 467 g/mol. The molecule has 0 saturated carbocycles. The maximum Gasteiger partial charge on any atom is 0.416 e. The first-order chi connectivity index (χ1) is 15.6. The van der Waals surface area contributed by atoms with Crippen molar-refractivity contribution in [2.75, 3.05) is 19.7 Å². The molecule has 0 amide bonds. The van der Waals surface area contributed by atoms with Gasteiger partial charge in [-0.05, 0) is 102 Å². The van der Waals surface area contributed by atoms with Crippen LogP contribution < -0.4 is 5.32 Å². The van der Waals surface area contributed by atoms with Gasteiger partial charge in [-0.2, -0.15) is 26.3 Å². The van der Waals surface area contributed by atoms with E-state index in [2.05, 4.69) is 5.32 Å². The molecule has 2 nitrogen and oxygen atoms in total. The van der Waals surface area contributed by atoms with Crippen molar-refractivity contribution in [3.05, 3.63) is 59.2 Å². The van der Waals surface area contributed by atoms with Gasteiger partial charge in [-0.3, -0.25) is 0 Å². The predicted molar refractivity (Wildman–Crippen MR) is 114 cm³/mol. The predicted octanol–water partition coefficient (Wildman–Crippen LogP) is 7.04. The Morgan fingerprint density at radius 2 is 1.42 bits per heavy atom. The van der Waals surface area contributed by atoms with E-state index in [9.17, 15) is 26.3 Å². The van der Waals surface area contributed by atoms with Crippen molar-refractivity contribution in [1.82, 2.24) is 5.32 Å². The molecule has 3 aromatic carbocycles. The maximum absolute atomic E-state index is 13.5. The molecule has 0 radical (unpaired) electrons. The number of ether oxygens (including phenoxy) is 1. The van der Waals surface area contributed by atoms with Crippen molar-refractivity contribution in [3.8, 4) is 0 Å². The number of hydrogen-bond acceptors (Lipinski definition) is 2. The quantitative estimate of drug-likeness (QED) is 0.323. The van der Waals surface area contributed by atoms with Crippen molar-refractivity contribution in [2.45, 2.75) is 43.6 Å². The lowest BCUT2D eigenvalue weighted by molar-refractivity contribution is -0.138. The second-order valence-electron chi connectivity index (χ2n) is 8.98. The number of fused-ring (bicyclic) bond motifs is 3. The van der Waals surface area contributed by atoms with E-state index in [1.165, 1.54) is 12.1 Å². The van der Waals surface area contributed by atoms with E-state index in [0.717, 1.165) is 68.6 Å². The van der Waals surface area contributed by atoms with E-state index in [-0.39, 0.29) is 16.7 Å². The minimum absolute atomic E-state index is 0.160. The Morgan fingerprint density at radius 3 is 2.03 bits per heavy atom. The molecule has 1 N–H and O–H groups in total. The third-order valence-corrected chi connectivity index (χ3v) is 7.11. The molecule has 1 atom stereocenters. The number of rotatable bonds is 2. The first-order valence-electron chi connectivity index (χ1n) is 11.1. The zero-order valence-corrected chi connectivity index (χ0v) is 17.7. The summed E-state index contributed by atoms with van der Waals surface area (Å²) in [6.45, 7) is 2.21. The van der Waals surface area contributed by atoms with Crippen LogP contribution in [0.15, 0.2) is 42.5 Å². The summed E-state index contributed by atoms with van der Waals surface area (Å²) in [5, 5.41) is 4.67. The highest BCUT2D eigenvalue weighted by molar-refractivity contribution is 6.10. The summed E-state index contributed by atoms with van der Waals surface area (Å²) < 4.78 is 87.2. The number of halogens is 6. The van der Waals surface area contributed by atoms with Crippen LogP contribution in [-0.4, -0.2) is 19.7 Å². The lowest BCUT2D eigenvalue weighted by atomic mass is 9.72. The Kier molecular flexibility index (Phi) is 5.36. The third-order valence-electron chi connectivity index (χ3n) is 7.11. The molecule has 3 aromatic rings. The SMILES string of the molecule is FC(F)(F)c1ccc2cc([C@@]3(C4CCNCC4)CCCO3)c3ccc(C(F)(F)F)cc3c2c1. The molecule has 2 saturated heterocycles. The molecular formula is C25H23F6NO. The largest absolute Gasteiger partial charge is 0.416 e. The van der Waals surface area contributed by atoms with Crippen molar-refractivity contribution >= 4 is 21.5 Å². The number of hydrogen-bond donors (Lipinski definition) is 1. The molecule has 176 valence electrons. The molecule has 33 heavy (non-hydrogen) atoms. The number of piperidine rings is 1. The van der Waals surface area contributed by atoms with Gasteiger partial charge in [0, 0.05) is 6.61 Å². The minimum atomic E-state index is -4.60. The second-order valence-corrected chi connectivity index (χ2v) is 8.98. The van der Waals surface area contributed by atoms with Crippen LogP contribution >= 0.6 is 0 Å². The molecule has 5 rings (SSSR count). The highest BCUT2D eigenvalue weighted by Crippen LogP contribution is 2.50. The van der Waals surface area contributed by atoms with Crippen LogP contribution in [-0.2, 0) is 22.7 Å². The summed E-state index contributed by atoms with van der Waals surface area (Å²) in [5.74, 6) is 0.179. The van der Waals surface area contributed by atoms with Gasteiger partial charge in [-0.25, -0.2) is 0 Å². The first-order valence-corrected chi connectivity index (χ1v) is 11.1. The van der Waals surface area contributed by atoms with Crippen LogP contribution in [0.25, 0.3) is 21.5 Å². The Balaban J connectivity index is 1.82. The van der Waals surface area contributed by atoms with Gasteiger partial charge in [-0.1, -0.05) is 12.1 Å². The van der Waals surface area contributed by atoms with E-state index in [4.69, 9.17) is 4.74 Å². The zero-order valence-electron chi connectivity index (χ0n) is 17.7. The topological polar surface area (TPSA) is 21.3 Å². The van der Waals surface area contributed by atoms with Crippen LogP contribution in [0.1, 0.15) is 42.4 Å². The van der Waals surface area contributed by atoms with E-state index in [1.54, 1.807) is 0 Å². The smallest absolute Gasteiger partial charge is 0.370 e.